The molecule has 2 aromatic carbocycles. The van der Waals surface area contributed by atoms with Crippen molar-refractivity contribution in [2.75, 3.05) is 12.0 Å². The summed E-state index contributed by atoms with van der Waals surface area (Å²) in [4.78, 5) is 62.3. The first-order valence-electron chi connectivity index (χ1n) is 14.3. The molecule has 14 heteroatoms. The van der Waals surface area contributed by atoms with Crippen LogP contribution >= 0.6 is 11.8 Å². The minimum Gasteiger partial charge on any atom is -0.508 e. The van der Waals surface area contributed by atoms with Crippen LogP contribution in [0.4, 0.5) is 0 Å². The predicted octanol–water partition coefficient (Wildman–Crippen LogP) is 1.24. The van der Waals surface area contributed by atoms with E-state index in [1.807, 2.05) is 30.5 Å². The third-order valence-corrected chi connectivity index (χ3v) is 7.94. The minimum absolute atomic E-state index is 0.00246. The van der Waals surface area contributed by atoms with E-state index >= 15 is 0 Å². The van der Waals surface area contributed by atoms with Crippen molar-refractivity contribution >= 4 is 46.4 Å². The number of carbonyl (C=O) groups is 4. The third kappa shape index (κ3) is 9.33. The van der Waals surface area contributed by atoms with E-state index in [2.05, 4.69) is 30.9 Å². The van der Waals surface area contributed by atoms with Gasteiger partial charge in [-0.15, -0.1) is 0 Å². The number of imidazole rings is 1. The highest BCUT2D eigenvalue weighted by Gasteiger charge is 2.31. The number of carbonyl (C=O) groups excluding carboxylic acids is 3. The summed E-state index contributed by atoms with van der Waals surface area (Å²) in [5.74, 6) is -2.61. The first-order chi connectivity index (χ1) is 21.6. The highest BCUT2D eigenvalue weighted by atomic mass is 32.2. The highest BCUT2D eigenvalue weighted by molar-refractivity contribution is 7.98. The molecule has 238 valence electrons. The topological polar surface area (TPSA) is 215 Å². The average Bonchev–Trinajstić information content (AvgIpc) is 3.69. The van der Waals surface area contributed by atoms with Crippen LogP contribution in [-0.2, 0) is 38.4 Å². The van der Waals surface area contributed by atoms with Gasteiger partial charge in [0, 0.05) is 41.8 Å². The van der Waals surface area contributed by atoms with Crippen LogP contribution in [0, 0.1) is 0 Å². The maximum atomic E-state index is 13.7. The van der Waals surface area contributed by atoms with Crippen LogP contribution in [-0.4, -0.2) is 85.0 Å². The van der Waals surface area contributed by atoms with Gasteiger partial charge in [0.25, 0.3) is 0 Å². The molecule has 0 aliphatic rings. The molecule has 4 unspecified atom stereocenters. The quantitative estimate of drug-likeness (QED) is 0.0888. The van der Waals surface area contributed by atoms with E-state index < -0.39 is 47.9 Å². The fourth-order valence-corrected chi connectivity index (χ4v) is 5.32. The van der Waals surface area contributed by atoms with Crippen molar-refractivity contribution in [2.24, 2.45) is 5.73 Å². The van der Waals surface area contributed by atoms with Gasteiger partial charge in [-0.1, -0.05) is 30.3 Å². The Morgan fingerprint density at radius 2 is 1.56 bits per heavy atom. The van der Waals surface area contributed by atoms with Gasteiger partial charge in [-0.25, -0.2) is 9.78 Å². The number of nitrogens with one attached hydrogen (secondary N) is 5. The Balaban J connectivity index is 1.52. The highest BCUT2D eigenvalue weighted by Crippen LogP contribution is 2.19. The van der Waals surface area contributed by atoms with Crippen LogP contribution in [0.15, 0.2) is 67.3 Å². The summed E-state index contributed by atoms with van der Waals surface area (Å²) in [5.41, 5.74) is 9.22. The lowest BCUT2D eigenvalue weighted by molar-refractivity contribution is -0.142. The molecule has 13 nitrogen and oxygen atoms in total. The number of hydrogen-bond donors (Lipinski definition) is 8. The molecule has 0 fully saturated rings. The minimum atomic E-state index is -1.20. The number of rotatable bonds is 16. The molecule has 9 N–H and O–H groups in total. The van der Waals surface area contributed by atoms with E-state index in [1.54, 1.807) is 18.3 Å². The van der Waals surface area contributed by atoms with Gasteiger partial charge in [0.15, 0.2) is 0 Å². The molecule has 4 aromatic rings. The van der Waals surface area contributed by atoms with Gasteiger partial charge in [0.2, 0.25) is 17.7 Å². The molecule has 4 atom stereocenters. The van der Waals surface area contributed by atoms with E-state index in [-0.39, 0.29) is 31.4 Å². The largest absolute Gasteiger partial charge is 0.508 e. The molecule has 2 aromatic heterocycles. The number of hydrogen-bond acceptors (Lipinski definition) is 8. The first-order valence-corrected chi connectivity index (χ1v) is 15.7. The number of aromatic amines is 2. The lowest BCUT2D eigenvalue weighted by Crippen LogP contribution is -2.58. The molecule has 45 heavy (non-hydrogen) atoms. The van der Waals surface area contributed by atoms with E-state index in [9.17, 15) is 29.4 Å². The monoisotopic (exact) mass is 635 g/mol. The zero-order valence-electron chi connectivity index (χ0n) is 24.7. The second kappa shape index (κ2) is 15.8. The second-order valence-corrected chi connectivity index (χ2v) is 11.6. The van der Waals surface area contributed by atoms with E-state index in [0.29, 0.717) is 17.0 Å². The summed E-state index contributed by atoms with van der Waals surface area (Å²) in [7, 11) is 0. The van der Waals surface area contributed by atoms with Gasteiger partial charge < -0.3 is 41.9 Å². The number of aromatic hydroxyl groups is 1. The molecule has 2 heterocycles. The smallest absolute Gasteiger partial charge is 0.326 e. The van der Waals surface area contributed by atoms with Crippen molar-refractivity contribution in [3.8, 4) is 5.75 Å². The Hall–Kier alpha value is -4.82. The predicted molar refractivity (Wildman–Crippen MR) is 171 cm³/mol. The zero-order chi connectivity index (χ0) is 32.3. The van der Waals surface area contributed by atoms with Crippen molar-refractivity contribution in [1.82, 2.24) is 30.9 Å². The number of aromatic nitrogens is 3. The molecule has 0 bridgehead atoms. The normalized spacial score (nSPS) is 13.8. The molecular formula is C31H37N7O6S. The van der Waals surface area contributed by atoms with Gasteiger partial charge in [-0.2, -0.15) is 11.8 Å². The van der Waals surface area contributed by atoms with Crippen LogP contribution in [0.2, 0.25) is 0 Å². The van der Waals surface area contributed by atoms with Crippen molar-refractivity contribution in [2.45, 2.75) is 49.9 Å². The maximum absolute atomic E-state index is 13.7. The van der Waals surface area contributed by atoms with Crippen LogP contribution in [0.5, 0.6) is 5.75 Å². The van der Waals surface area contributed by atoms with Crippen LogP contribution in [0.1, 0.15) is 23.2 Å². The van der Waals surface area contributed by atoms with Crippen molar-refractivity contribution in [3.63, 3.8) is 0 Å². The summed E-state index contributed by atoms with van der Waals surface area (Å²) in [5, 5.41) is 28.2. The number of benzene rings is 2. The van der Waals surface area contributed by atoms with Gasteiger partial charge in [0.05, 0.1) is 12.4 Å². The number of carboxylic acids is 1. The molecule has 0 saturated carbocycles. The van der Waals surface area contributed by atoms with Crippen LogP contribution < -0.4 is 21.7 Å². The molecule has 0 aliphatic heterocycles. The number of nitrogens with two attached hydrogens (primary N) is 1. The Bertz CT molecular complexity index is 1590. The van der Waals surface area contributed by atoms with Crippen LogP contribution in [0.3, 0.4) is 0 Å². The molecule has 0 radical (unpaired) electrons. The first kappa shape index (κ1) is 33.1. The molecular weight excluding hydrogens is 598 g/mol. The molecule has 3 amide bonds. The van der Waals surface area contributed by atoms with Crippen molar-refractivity contribution < 1.29 is 29.4 Å². The van der Waals surface area contributed by atoms with Gasteiger partial charge in [-0.05, 0) is 54.2 Å². The van der Waals surface area contributed by atoms with Crippen molar-refractivity contribution in [3.05, 3.63) is 84.1 Å². The summed E-state index contributed by atoms with van der Waals surface area (Å²) in [6.07, 6.45) is 7.01. The maximum Gasteiger partial charge on any atom is 0.326 e. The Kier molecular flexibility index (Phi) is 11.6. The Labute approximate surface area is 263 Å². The number of amides is 3. The van der Waals surface area contributed by atoms with Crippen LogP contribution in [0.25, 0.3) is 10.9 Å². The number of fused-ring (bicyclic) bond motifs is 1. The number of phenolic OH excluding ortho intramolecular Hbond substituents is 1. The Morgan fingerprint density at radius 3 is 2.22 bits per heavy atom. The van der Waals surface area contributed by atoms with Gasteiger partial charge >= 0.3 is 5.97 Å². The van der Waals surface area contributed by atoms with Gasteiger partial charge in [-0.3, -0.25) is 14.4 Å². The molecule has 0 saturated heterocycles. The van der Waals surface area contributed by atoms with E-state index in [0.717, 1.165) is 16.5 Å². The number of para-hydroxylation sites is 1. The van der Waals surface area contributed by atoms with Crippen molar-refractivity contribution in [1.29, 1.82) is 0 Å². The SMILES string of the molecule is CSCCC(NC(=O)C(Cc1ccc(O)cc1)NC(=O)C(Cc1cnc[nH]1)NC(=O)C(N)Cc1c[nH]c2ccccc12)C(=O)O. The number of phenols is 1. The molecule has 4 rings (SSSR count). The lowest BCUT2D eigenvalue weighted by atomic mass is 10.0. The molecule has 0 aliphatic carbocycles. The second-order valence-electron chi connectivity index (χ2n) is 10.6. The summed E-state index contributed by atoms with van der Waals surface area (Å²) in [6, 6.07) is 9.23. The Morgan fingerprint density at radius 1 is 0.889 bits per heavy atom. The number of thioether (sulfide) groups is 1. The summed E-state index contributed by atoms with van der Waals surface area (Å²) >= 11 is 1.44. The van der Waals surface area contributed by atoms with Gasteiger partial charge in [0.1, 0.15) is 23.9 Å². The summed E-state index contributed by atoms with van der Waals surface area (Å²) < 4.78 is 0. The number of H-pyrrole nitrogens is 2. The third-order valence-electron chi connectivity index (χ3n) is 7.30. The molecule has 0 spiro atoms. The fourth-order valence-electron chi connectivity index (χ4n) is 4.85. The number of aliphatic carboxylic acids is 1. The van der Waals surface area contributed by atoms with E-state index in [4.69, 9.17) is 5.73 Å². The summed E-state index contributed by atoms with van der Waals surface area (Å²) in [6.45, 7) is 0. The average molecular weight is 636 g/mol. The standard InChI is InChI=1S/C31H37N7O6S/c1-45-11-10-25(31(43)44)36-29(41)26(12-18-6-8-21(39)9-7-18)38-30(42)27(14-20-16-33-17-35-20)37-28(40)23(32)13-19-15-34-24-5-3-2-4-22(19)24/h2-9,15-17,23,25-27,34,39H,10-14,32H2,1H3,(H,33,35)(H,36,41)(H,37,40)(H,38,42)(H,43,44). The lowest BCUT2D eigenvalue weighted by Gasteiger charge is -2.25. The van der Waals surface area contributed by atoms with E-state index in [1.165, 1.54) is 36.4 Å². The fraction of sp³-hybridized carbons (Fsp3) is 0.323. The number of nitrogens with zero attached hydrogens (tertiary/aromatic N) is 1. The number of carboxylic acid groups (broad SMARTS) is 1. The zero-order valence-corrected chi connectivity index (χ0v) is 25.5.